The second-order valence-corrected chi connectivity index (χ2v) is 5.83. The van der Waals surface area contributed by atoms with Crippen LogP contribution in [0, 0.1) is 6.92 Å². The summed E-state index contributed by atoms with van der Waals surface area (Å²) in [7, 11) is 1.59. The number of ether oxygens (including phenoxy) is 1. The summed E-state index contributed by atoms with van der Waals surface area (Å²) in [6, 6.07) is 3.85. The summed E-state index contributed by atoms with van der Waals surface area (Å²) >= 11 is 6.11. The number of rotatable bonds is 4. The van der Waals surface area contributed by atoms with Gasteiger partial charge in [-0.15, -0.1) is 0 Å². The Morgan fingerprint density at radius 3 is 2.75 bits per heavy atom. The van der Waals surface area contributed by atoms with Crippen molar-refractivity contribution in [2.45, 2.75) is 39.3 Å². The zero-order valence-electron chi connectivity index (χ0n) is 12.4. The molecule has 1 aromatic rings. The highest BCUT2D eigenvalue weighted by molar-refractivity contribution is 6.31. The summed E-state index contributed by atoms with van der Waals surface area (Å²) in [5.74, 6) is 0.734. The van der Waals surface area contributed by atoms with Crippen LogP contribution in [0.25, 0.3) is 0 Å². The minimum atomic E-state index is -0.115. The SMILES string of the molecule is COc1cc(Cl)c(C)cc1N1CCC(NC(C)C)C1=O. The van der Waals surface area contributed by atoms with Crippen LogP contribution in [0.5, 0.6) is 5.75 Å². The largest absolute Gasteiger partial charge is 0.495 e. The van der Waals surface area contributed by atoms with Crippen molar-refractivity contribution in [2.75, 3.05) is 18.6 Å². The van der Waals surface area contributed by atoms with Gasteiger partial charge in [-0.1, -0.05) is 25.4 Å². The van der Waals surface area contributed by atoms with E-state index in [1.165, 1.54) is 0 Å². The van der Waals surface area contributed by atoms with Crippen LogP contribution in [0.1, 0.15) is 25.8 Å². The van der Waals surface area contributed by atoms with Crippen molar-refractivity contribution in [3.05, 3.63) is 22.7 Å². The Kier molecular flexibility index (Phi) is 4.55. The first-order valence-electron chi connectivity index (χ1n) is 6.85. The van der Waals surface area contributed by atoms with Crippen molar-refractivity contribution in [3.63, 3.8) is 0 Å². The summed E-state index contributed by atoms with van der Waals surface area (Å²) in [5.41, 5.74) is 1.74. The molecular formula is C15H21ClN2O2. The number of carbonyl (C=O) groups excluding carboxylic acids is 1. The maximum Gasteiger partial charge on any atom is 0.244 e. The first kappa shape index (κ1) is 15.1. The van der Waals surface area contributed by atoms with Gasteiger partial charge < -0.3 is 15.0 Å². The number of nitrogens with one attached hydrogen (secondary N) is 1. The molecule has 2 rings (SSSR count). The predicted octanol–water partition coefficient (Wildman–Crippen LogP) is 2.76. The highest BCUT2D eigenvalue weighted by Gasteiger charge is 2.34. The summed E-state index contributed by atoms with van der Waals surface area (Å²) in [6.07, 6.45) is 0.807. The molecular weight excluding hydrogens is 276 g/mol. The van der Waals surface area contributed by atoms with E-state index in [0.29, 0.717) is 17.3 Å². The van der Waals surface area contributed by atoms with Gasteiger partial charge in [-0.05, 0) is 25.0 Å². The molecule has 1 aliphatic rings. The van der Waals surface area contributed by atoms with Crippen molar-refractivity contribution in [1.29, 1.82) is 0 Å². The molecule has 1 amide bonds. The van der Waals surface area contributed by atoms with E-state index in [9.17, 15) is 4.79 Å². The Hall–Kier alpha value is -1.26. The second kappa shape index (κ2) is 6.02. The number of benzene rings is 1. The molecule has 1 aromatic carbocycles. The molecule has 0 aromatic heterocycles. The quantitative estimate of drug-likeness (QED) is 0.929. The number of anilines is 1. The molecule has 4 nitrogen and oxygen atoms in total. The molecule has 1 aliphatic heterocycles. The standard InChI is InChI=1S/C15H21ClN2O2/c1-9(2)17-12-5-6-18(15(12)19)13-7-10(3)11(16)8-14(13)20-4/h7-9,12,17H,5-6H2,1-4H3. The van der Waals surface area contributed by atoms with E-state index in [1.54, 1.807) is 18.1 Å². The van der Waals surface area contributed by atoms with Crippen molar-refractivity contribution < 1.29 is 9.53 Å². The van der Waals surface area contributed by atoms with E-state index >= 15 is 0 Å². The van der Waals surface area contributed by atoms with Crippen molar-refractivity contribution in [2.24, 2.45) is 0 Å². The van der Waals surface area contributed by atoms with Gasteiger partial charge in [0.15, 0.2) is 0 Å². The fourth-order valence-corrected chi connectivity index (χ4v) is 2.65. The molecule has 0 saturated carbocycles. The molecule has 1 fully saturated rings. The number of carbonyl (C=O) groups is 1. The lowest BCUT2D eigenvalue weighted by atomic mass is 10.2. The van der Waals surface area contributed by atoms with E-state index in [2.05, 4.69) is 5.32 Å². The van der Waals surface area contributed by atoms with Crippen LogP contribution in [-0.4, -0.2) is 31.6 Å². The number of amides is 1. The topological polar surface area (TPSA) is 41.6 Å². The fraction of sp³-hybridized carbons (Fsp3) is 0.533. The summed E-state index contributed by atoms with van der Waals surface area (Å²) in [5, 5.41) is 3.94. The van der Waals surface area contributed by atoms with Gasteiger partial charge in [0.1, 0.15) is 5.75 Å². The predicted molar refractivity (Wildman–Crippen MR) is 81.8 cm³/mol. The monoisotopic (exact) mass is 296 g/mol. The summed E-state index contributed by atoms with van der Waals surface area (Å²) in [6.45, 7) is 6.71. The molecule has 5 heteroatoms. The van der Waals surface area contributed by atoms with Gasteiger partial charge in [0.05, 0.1) is 18.8 Å². The van der Waals surface area contributed by atoms with E-state index < -0.39 is 0 Å². The average Bonchev–Trinajstić information content (AvgIpc) is 2.73. The summed E-state index contributed by atoms with van der Waals surface area (Å²) in [4.78, 5) is 14.3. The van der Waals surface area contributed by atoms with Gasteiger partial charge >= 0.3 is 0 Å². The van der Waals surface area contributed by atoms with Crippen molar-refractivity contribution >= 4 is 23.2 Å². The third kappa shape index (κ3) is 2.91. The third-order valence-corrected chi connectivity index (χ3v) is 3.90. The number of methoxy groups -OCH3 is 1. The number of aryl methyl sites for hydroxylation is 1. The zero-order valence-corrected chi connectivity index (χ0v) is 13.1. The Balaban J connectivity index is 2.29. The van der Waals surface area contributed by atoms with Crippen LogP contribution in [-0.2, 0) is 4.79 Å². The highest BCUT2D eigenvalue weighted by atomic mass is 35.5. The number of halogens is 1. The van der Waals surface area contributed by atoms with E-state index in [4.69, 9.17) is 16.3 Å². The molecule has 0 aliphatic carbocycles. The van der Waals surface area contributed by atoms with E-state index in [-0.39, 0.29) is 18.0 Å². The number of hydrogen-bond donors (Lipinski definition) is 1. The van der Waals surface area contributed by atoms with Gasteiger partial charge in [-0.3, -0.25) is 4.79 Å². The zero-order chi connectivity index (χ0) is 14.9. The van der Waals surface area contributed by atoms with Crippen LogP contribution in [0.2, 0.25) is 5.02 Å². The van der Waals surface area contributed by atoms with Crippen LogP contribution in [0.15, 0.2) is 12.1 Å². The average molecular weight is 297 g/mol. The van der Waals surface area contributed by atoms with Crippen molar-refractivity contribution in [3.8, 4) is 5.75 Å². The van der Waals surface area contributed by atoms with E-state index in [0.717, 1.165) is 17.7 Å². The molecule has 20 heavy (non-hydrogen) atoms. The molecule has 1 N–H and O–H groups in total. The Bertz CT molecular complexity index is 517. The van der Waals surface area contributed by atoms with Gasteiger partial charge in [-0.2, -0.15) is 0 Å². The molecule has 110 valence electrons. The minimum absolute atomic E-state index is 0.0960. The van der Waals surface area contributed by atoms with E-state index in [1.807, 2.05) is 26.8 Å². The first-order valence-corrected chi connectivity index (χ1v) is 7.23. The van der Waals surface area contributed by atoms with Crippen LogP contribution < -0.4 is 15.0 Å². The maximum absolute atomic E-state index is 12.5. The van der Waals surface area contributed by atoms with Gasteiger partial charge in [-0.25, -0.2) is 0 Å². The lowest BCUT2D eigenvalue weighted by Crippen LogP contribution is -2.41. The smallest absolute Gasteiger partial charge is 0.244 e. The van der Waals surface area contributed by atoms with Crippen LogP contribution >= 0.6 is 11.6 Å². The Morgan fingerprint density at radius 2 is 2.15 bits per heavy atom. The maximum atomic E-state index is 12.5. The number of nitrogens with zero attached hydrogens (tertiary/aromatic N) is 1. The molecule has 1 saturated heterocycles. The van der Waals surface area contributed by atoms with Gasteiger partial charge in [0.2, 0.25) is 5.91 Å². The fourth-order valence-electron chi connectivity index (χ4n) is 2.50. The summed E-state index contributed by atoms with van der Waals surface area (Å²) < 4.78 is 5.36. The van der Waals surface area contributed by atoms with Crippen LogP contribution in [0.4, 0.5) is 5.69 Å². The lowest BCUT2D eigenvalue weighted by Gasteiger charge is -2.21. The Morgan fingerprint density at radius 1 is 1.45 bits per heavy atom. The molecule has 1 heterocycles. The minimum Gasteiger partial charge on any atom is -0.495 e. The second-order valence-electron chi connectivity index (χ2n) is 5.43. The highest BCUT2D eigenvalue weighted by Crippen LogP contribution is 2.35. The molecule has 1 unspecified atom stereocenters. The normalized spacial score (nSPS) is 19.0. The third-order valence-electron chi connectivity index (χ3n) is 3.49. The van der Waals surface area contributed by atoms with Gasteiger partial charge in [0, 0.05) is 23.7 Å². The first-order chi connectivity index (χ1) is 9.43. The number of hydrogen-bond acceptors (Lipinski definition) is 3. The van der Waals surface area contributed by atoms with Crippen LogP contribution in [0.3, 0.4) is 0 Å². The lowest BCUT2D eigenvalue weighted by molar-refractivity contribution is -0.119. The molecule has 0 radical (unpaired) electrons. The Labute approximate surface area is 125 Å². The molecule has 1 atom stereocenters. The molecule has 0 bridgehead atoms. The molecule has 0 spiro atoms. The van der Waals surface area contributed by atoms with Crippen molar-refractivity contribution in [1.82, 2.24) is 5.32 Å². The van der Waals surface area contributed by atoms with Gasteiger partial charge in [0.25, 0.3) is 0 Å².